The molecule has 4 N–H and O–H groups in total. The molecule has 0 aliphatic rings. The summed E-state index contributed by atoms with van der Waals surface area (Å²) >= 11 is 0. The number of hydrogen-bond acceptors (Lipinski definition) is 5. The molecule has 5 nitrogen and oxygen atoms in total. The summed E-state index contributed by atoms with van der Waals surface area (Å²) in [5.74, 6) is 0. The van der Waals surface area contributed by atoms with Crippen LogP contribution < -0.4 is 0 Å². The third-order valence-electron chi connectivity index (χ3n) is 1.07. The van der Waals surface area contributed by atoms with Gasteiger partial charge in [-0.2, -0.15) is 9.90 Å². The van der Waals surface area contributed by atoms with Gasteiger partial charge in [0.2, 0.25) is 0 Å². The predicted molar refractivity (Wildman–Crippen MR) is 42.3 cm³/mol. The van der Waals surface area contributed by atoms with Crippen molar-refractivity contribution in [3.63, 3.8) is 0 Å². The van der Waals surface area contributed by atoms with Crippen LogP contribution in [0.15, 0.2) is 0 Å². The zero-order valence-corrected chi connectivity index (χ0v) is 7.33. The van der Waals surface area contributed by atoms with Gasteiger partial charge in [-0.15, -0.1) is 0 Å². The highest BCUT2D eigenvalue weighted by Gasteiger charge is 2.22. The highest BCUT2D eigenvalue weighted by molar-refractivity contribution is 6.92. The first-order valence-corrected chi connectivity index (χ1v) is 2.73. The molecule has 1 unspecified atom stereocenters. The molecule has 0 rings (SSSR count). The van der Waals surface area contributed by atoms with Crippen LogP contribution in [0.4, 0.5) is 0 Å². The van der Waals surface area contributed by atoms with Crippen molar-refractivity contribution in [2.45, 2.75) is 18.3 Å². The van der Waals surface area contributed by atoms with Crippen LogP contribution >= 0.6 is 9.90 Å². The number of carbonyl (C=O) groups excluding carboxylic acids is 1. The van der Waals surface area contributed by atoms with Crippen LogP contribution in [0.1, 0.15) is 0 Å². The molecule has 4 atom stereocenters. The van der Waals surface area contributed by atoms with E-state index in [1.54, 1.807) is 0 Å². The summed E-state index contributed by atoms with van der Waals surface area (Å²) in [7, 11) is 0. The first kappa shape index (κ1) is 13.5. The average Bonchev–Trinajstić information content (AvgIpc) is 2.00. The maximum Gasteiger partial charge on any atom is 0.151 e. The maximum atomic E-state index is 9.76. The van der Waals surface area contributed by atoms with E-state index in [0.29, 0.717) is 0 Å². The second-order valence-electron chi connectivity index (χ2n) is 1.87. The predicted octanol–water partition coefficient (Wildman–Crippen LogP) is -2.68. The highest BCUT2D eigenvalue weighted by atomic mass is 31.0. The minimum atomic E-state index is -1.64. The number of carbonyl (C=O) groups is 1. The van der Waals surface area contributed by atoms with Crippen molar-refractivity contribution in [2.24, 2.45) is 0 Å². The summed E-state index contributed by atoms with van der Waals surface area (Å²) in [6.45, 7) is -0.688. The zero-order chi connectivity index (χ0) is 8.15. The topological polar surface area (TPSA) is 98.0 Å². The minimum Gasteiger partial charge on any atom is -0.394 e. The van der Waals surface area contributed by atoms with Crippen LogP contribution in [0.3, 0.4) is 0 Å². The Balaban J connectivity index is 0. The summed E-state index contributed by atoms with van der Waals surface area (Å²) in [5.41, 5.74) is 0. The molecule has 0 aliphatic heterocycles. The van der Waals surface area contributed by atoms with Crippen LogP contribution in [-0.4, -0.2) is 51.6 Å². The number of aliphatic hydroxyl groups excluding tert-OH is 4. The van der Waals surface area contributed by atoms with Crippen molar-refractivity contribution in [3.05, 3.63) is 0 Å². The second-order valence-corrected chi connectivity index (χ2v) is 1.87. The molecule has 68 valence electrons. The third-order valence-corrected chi connectivity index (χ3v) is 1.07. The number of rotatable bonds is 4. The lowest BCUT2D eigenvalue weighted by atomic mass is 10.1. The lowest BCUT2D eigenvalue weighted by molar-refractivity contribution is -0.127. The molecule has 6 heteroatoms. The van der Waals surface area contributed by atoms with Gasteiger partial charge >= 0.3 is 0 Å². The Bertz CT molecular complexity index is 109. The van der Waals surface area contributed by atoms with E-state index in [9.17, 15) is 4.79 Å². The molecule has 0 aromatic rings. The second kappa shape index (κ2) is 6.64. The Labute approximate surface area is 67.3 Å². The summed E-state index contributed by atoms with van der Waals surface area (Å²) in [6.07, 6.45) is -4.63. The van der Waals surface area contributed by atoms with Gasteiger partial charge in [-0.1, -0.05) is 0 Å². The van der Waals surface area contributed by atoms with Gasteiger partial charge in [0.1, 0.15) is 18.3 Å². The molecule has 0 saturated heterocycles. The molecule has 0 spiro atoms. The van der Waals surface area contributed by atoms with Gasteiger partial charge in [-0.25, -0.2) is 0 Å². The molecule has 0 saturated carbocycles. The van der Waals surface area contributed by atoms with Gasteiger partial charge in [-0.3, -0.25) is 0 Å². The van der Waals surface area contributed by atoms with Crippen molar-refractivity contribution in [2.75, 3.05) is 6.61 Å². The largest absolute Gasteiger partial charge is 0.394 e. The van der Waals surface area contributed by atoms with E-state index in [2.05, 4.69) is 0 Å². The summed E-state index contributed by atoms with van der Waals surface area (Å²) in [6, 6.07) is 0. The molecule has 0 aromatic heterocycles. The monoisotopic (exact) mass is 184 g/mol. The Morgan fingerprint density at radius 1 is 1.27 bits per heavy atom. The van der Waals surface area contributed by atoms with Gasteiger partial charge in [0.05, 0.1) is 6.61 Å². The lowest BCUT2D eigenvalue weighted by Gasteiger charge is -2.16. The van der Waals surface area contributed by atoms with Crippen molar-refractivity contribution in [3.8, 4) is 0 Å². The molecule has 0 fully saturated rings. The number of hydrogen-bond donors (Lipinski definition) is 4. The summed E-state index contributed by atoms with van der Waals surface area (Å²) < 4.78 is 0. The Kier molecular flexibility index (Phi) is 8.16. The molecular weight excluding hydrogens is 171 g/mol. The molecule has 0 aliphatic carbocycles. The average molecular weight is 184 g/mol. The Hall–Kier alpha value is -0.0600. The van der Waals surface area contributed by atoms with E-state index in [4.69, 9.17) is 20.4 Å². The van der Waals surface area contributed by atoms with E-state index in [1.165, 1.54) is 0 Å². The van der Waals surface area contributed by atoms with Crippen LogP contribution in [-0.2, 0) is 4.79 Å². The van der Waals surface area contributed by atoms with Gasteiger partial charge in [-0.05, 0) is 0 Å². The summed E-state index contributed by atoms with van der Waals surface area (Å²) in [5, 5.41) is 34.1. The Morgan fingerprint density at radius 3 is 2.00 bits per heavy atom. The van der Waals surface area contributed by atoms with Gasteiger partial charge in [0, 0.05) is 0 Å². The zero-order valence-electron chi connectivity index (χ0n) is 5.92. The van der Waals surface area contributed by atoms with Crippen molar-refractivity contribution in [1.82, 2.24) is 0 Å². The van der Waals surface area contributed by atoms with Crippen molar-refractivity contribution in [1.29, 1.82) is 0 Å². The fourth-order valence-electron chi connectivity index (χ4n) is 0.416. The molecule has 0 amide bonds. The van der Waals surface area contributed by atoms with E-state index in [-0.39, 0.29) is 16.2 Å². The smallest absolute Gasteiger partial charge is 0.151 e. The molecule has 0 radical (unpaired) electrons. The fourth-order valence-corrected chi connectivity index (χ4v) is 0.416. The molecule has 11 heavy (non-hydrogen) atoms. The summed E-state index contributed by atoms with van der Waals surface area (Å²) in [4.78, 5) is 9.76. The van der Waals surface area contributed by atoms with E-state index in [1.807, 2.05) is 0 Å². The van der Waals surface area contributed by atoms with E-state index in [0.717, 1.165) is 0 Å². The van der Waals surface area contributed by atoms with E-state index < -0.39 is 24.9 Å². The number of aliphatic hydroxyl groups is 4. The first-order valence-electron chi connectivity index (χ1n) is 2.73. The Morgan fingerprint density at radius 2 is 1.73 bits per heavy atom. The SMILES string of the molecule is O=C[C@H](O)[C@H](O)[C@H](O)CO.P. The fraction of sp³-hybridized carbons (Fsp3) is 0.800. The third kappa shape index (κ3) is 4.40. The molecular formula is C5H13O5P. The molecule has 0 heterocycles. The highest BCUT2D eigenvalue weighted by Crippen LogP contribution is 1.96. The van der Waals surface area contributed by atoms with Gasteiger partial charge < -0.3 is 25.2 Å². The van der Waals surface area contributed by atoms with Gasteiger partial charge in [0.15, 0.2) is 6.29 Å². The molecule has 0 bridgehead atoms. The first-order chi connectivity index (χ1) is 4.63. The van der Waals surface area contributed by atoms with Crippen LogP contribution in [0.5, 0.6) is 0 Å². The van der Waals surface area contributed by atoms with Crippen LogP contribution in [0.25, 0.3) is 0 Å². The van der Waals surface area contributed by atoms with E-state index >= 15 is 0 Å². The van der Waals surface area contributed by atoms with Gasteiger partial charge in [0.25, 0.3) is 0 Å². The van der Waals surface area contributed by atoms with Crippen molar-refractivity contribution < 1.29 is 25.2 Å². The minimum absolute atomic E-state index is 0. The standard InChI is InChI=1S/C5H10O5.H3P/c6-1-3(8)5(10)4(9)2-7;/h1,3-5,7-10H,2H2;1H3/t3-,4+,5-;/m0./s1. The molecule has 0 aromatic carbocycles. The maximum absolute atomic E-state index is 9.76. The van der Waals surface area contributed by atoms with Crippen LogP contribution in [0.2, 0.25) is 0 Å². The lowest BCUT2D eigenvalue weighted by Crippen LogP contribution is -2.40. The van der Waals surface area contributed by atoms with Crippen molar-refractivity contribution >= 4 is 16.2 Å². The number of aldehydes is 1. The normalized spacial score (nSPS) is 17.8. The quantitative estimate of drug-likeness (QED) is 0.282. The van der Waals surface area contributed by atoms with Crippen LogP contribution in [0, 0.1) is 0 Å².